The Morgan fingerprint density at radius 2 is 1.65 bits per heavy atom. The molecule has 5 unspecified atom stereocenters. The molecule has 31 heavy (non-hydrogen) atoms. The number of nitrogens with zero attached hydrogens (tertiary/aromatic N) is 1. The highest BCUT2D eigenvalue weighted by Gasteiger charge is 2.48. The van der Waals surface area contributed by atoms with E-state index >= 15 is 0 Å². The fraction of sp³-hybridized carbons (Fsp3) is 0.909. The molecule has 1 saturated heterocycles. The molecule has 0 aromatic rings. The van der Waals surface area contributed by atoms with Crippen molar-refractivity contribution in [1.29, 1.82) is 0 Å². The first-order valence-electron chi connectivity index (χ1n) is 10.9. The van der Waals surface area contributed by atoms with Crippen LogP contribution in [0.15, 0.2) is 5.16 Å². The number of hydrogen-bond acceptors (Lipinski definition) is 9. The molecule has 0 saturated carbocycles. The summed E-state index contributed by atoms with van der Waals surface area (Å²) in [5.41, 5.74) is -2.78. The molecule has 0 aliphatic carbocycles. The zero-order valence-electron chi connectivity index (χ0n) is 19.9. The maximum absolute atomic E-state index is 12.7. The van der Waals surface area contributed by atoms with Crippen LogP contribution in [0.5, 0.6) is 0 Å². The number of ether oxygens (including phenoxy) is 2. The van der Waals surface area contributed by atoms with E-state index in [2.05, 4.69) is 5.16 Å². The minimum Gasteiger partial charge on any atom is -0.459 e. The first-order chi connectivity index (χ1) is 14.2. The molecule has 1 fully saturated rings. The second-order valence-electron chi connectivity index (χ2n) is 9.52. The summed E-state index contributed by atoms with van der Waals surface area (Å²) in [6.45, 7) is 11.2. The van der Waals surface area contributed by atoms with Crippen LogP contribution >= 0.6 is 0 Å². The zero-order chi connectivity index (χ0) is 24.3. The van der Waals surface area contributed by atoms with E-state index in [0.717, 1.165) is 0 Å². The van der Waals surface area contributed by atoms with Gasteiger partial charge in [0.15, 0.2) is 0 Å². The maximum atomic E-state index is 12.7. The van der Waals surface area contributed by atoms with E-state index < -0.39 is 65.3 Å². The van der Waals surface area contributed by atoms with Crippen molar-refractivity contribution in [2.45, 2.75) is 96.9 Å². The molecule has 0 aromatic heterocycles. The minimum absolute atomic E-state index is 0.205. The Labute approximate surface area is 185 Å². The van der Waals surface area contributed by atoms with E-state index in [1.807, 2.05) is 0 Å². The summed E-state index contributed by atoms with van der Waals surface area (Å²) in [5, 5.41) is 56.9. The van der Waals surface area contributed by atoms with Crippen molar-refractivity contribution in [3.63, 3.8) is 0 Å². The number of hydrogen-bond donors (Lipinski definition) is 5. The molecular weight excluding hydrogens is 406 g/mol. The van der Waals surface area contributed by atoms with Crippen molar-refractivity contribution < 1.29 is 39.9 Å². The average Bonchev–Trinajstić information content (AvgIpc) is 2.73. The summed E-state index contributed by atoms with van der Waals surface area (Å²) in [4.78, 5) is 12.7. The van der Waals surface area contributed by atoms with Gasteiger partial charge < -0.3 is 35.1 Å². The first-order valence-corrected chi connectivity index (χ1v) is 10.9. The Balaban J connectivity index is 3.56. The molecule has 182 valence electrons. The number of carbonyl (C=O) groups is 1. The predicted molar refractivity (Wildman–Crippen MR) is 115 cm³/mol. The number of esters is 1. The van der Waals surface area contributed by atoms with Crippen molar-refractivity contribution >= 4 is 11.7 Å². The smallest absolute Gasteiger partial charge is 0.311 e. The average molecular weight is 448 g/mol. The number of aliphatic hydroxyl groups excluding tert-OH is 3. The second kappa shape index (κ2) is 10.6. The normalized spacial score (nSPS) is 47.6. The molecule has 1 aliphatic rings. The van der Waals surface area contributed by atoms with Crippen molar-refractivity contribution in [2.24, 2.45) is 28.8 Å². The molecule has 10 atom stereocenters. The van der Waals surface area contributed by atoms with Crippen LogP contribution in [0.3, 0.4) is 0 Å². The molecule has 0 radical (unpaired) electrons. The monoisotopic (exact) mass is 447 g/mol. The van der Waals surface area contributed by atoms with E-state index in [1.54, 1.807) is 34.6 Å². The largest absolute Gasteiger partial charge is 0.459 e. The number of carbonyl (C=O) groups excluding carboxylic acids is 1. The number of aliphatic hydroxyl groups is 4. The SMILES string of the molecule is CCC1OC(=O)[C@H](C)C(O)C(C)C(O)[C@](C)(OC)CC(C)/C(=N\O)[C@H](C)[C@@H](O)[C@]1(C)O. The van der Waals surface area contributed by atoms with Crippen molar-refractivity contribution in [3.05, 3.63) is 0 Å². The molecular formula is C22H41NO8. The van der Waals surface area contributed by atoms with Gasteiger partial charge in [-0.25, -0.2) is 0 Å². The van der Waals surface area contributed by atoms with Gasteiger partial charge in [-0.2, -0.15) is 0 Å². The molecule has 1 heterocycles. The highest BCUT2D eigenvalue weighted by molar-refractivity contribution is 5.88. The van der Waals surface area contributed by atoms with Gasteiger partial charge in [0.25, 0.3) is 0 Å². The van der Waals surface area contributed by atoms with Gasteiger partial charge in [0.2, 0.25) is 0 Å². The lowest BCUT2D eigenvalue weighted by molar-refractivity contribution is -0.192. The van der Waals surface area contributed by atoms with Crippen molar-refractivity contribution in [1.82, 2.24) is 0 Å². The third-order valence-electron chi connectivity index (χ3n) is 7.16. The molecule has 9 nitrogen and oxygen atoms in total. The molecule has 9 heteroatoms. The van der Waals surface area contributed by atoms with E-state index in [9.17, 15) is 30.4 Å². The number of cyclic esters (lactones) is 1. The topological polar surface area (TPSA) is 149 Å². The molecule has 0 bridgehead atoms. The molecule has 0 aromatic carbocycles. The summed E-state index contributed by atoms with van der Waals surface area (Å²) in [5.74, 6) is -3.72. The molecule has 0 spiro atoms. The zero-order valence-corrected chi connectivity index (χ0v) is 19.9. The lowest BCUT2D eigenvalue weighted by Crippen LogP contribution is -2.57. The second-order valence-corrected chi connectivity index (χ2v) is 9.52. The lowest BCUT2D eigenvalue weighted by atomic mass is 9.74. The van der Waals surface area contributed by atoms with Crippen molar-refractivity contribution in [2.75, 3.05) is 7.11 Å². The summed E-state index contributed by atoms with van der Waals surface area (Å²) in [6, 6.07) is 0. The number of rotatable bonds is 2. The third kappa shape index (κ3) is 5.57. The predicted octanol–water partition coefficient (Wildman–Crippen LogP) is 1.33. The van der Waals surface area contributed by atoms with Gasteiger partial charge in [0.05, 0.1) is 35.5 Å². The van der Waals surface area contributed by atoms with Crippen LogP contribution in [0.25, 0.3) is 0 Å². The van der Waals surface area contributed by atoms with Gasteiger partial charge in [-0.3, -0.25) is 4.79 Å². The maximum Gasteiger partial charge on any atom is 0.311 e. The fourth-order valence-corrected chi connectivity index (χ4v) is 4.74. The Hall–Kier alpha value is -1.26. The van der Waals surface area contributed by atoms with E-state index in [4.69, 9.17) is 9.47 Å². The van der Waals surface area contributed by atoms with E-state index in [-0.39, 0.29) is 18.6 Å². The molecule has 0 amide bonds. The van der Waals surface area contributed by atoms with Crippen LogP contribution in [0.4, 0.5) is 0 Å². The Kier molecular flexibility index (Phi) is 9.47. The lowest BCUT2D eigenvalue weighted by Gasteiger charge is -2.43. The fourth-order valence-electron chi connectivity index (χ4n) is 4.74. The van der Waals surface area contributed by atoms with Crippen LogP contribution in [-0.2, 0) is 14.3 Å². The van der Waals surface area contributed by atoms with Crippen LogP contribution in [0.1, 0.15) is 61.3 Å². The first kappa shape index (κ1) is 27.8. The van der Waals surface area contributed by atoms with Gasteiger partial charge in [0.1, 0.15) is 11.7 Å². The van der Waals surface area contributed by atoms with Gasteiger partial charge in [-0.1, -0.05) is 32.9 Å². The number of oxime groups is 1. The molecule has 1 aliphatic heterocycles. The minimum atomic E-state index is -1.84. The van der Waals surface area contributed by atoms with Crippen LogP contribution in [0, 0.1) is 23.7 Å². The van der Waals surface area contributed by atoms with Crippen molar-refractivity contribution in [3.8, 4) is 0 Å². The quantitative estimate of drug-likeness (QED) is 0.242. The van der Waals surface area contributed by atoms with Crippen LogP contribution in [0.2, 0.25) is 0 Å². The van der Waals surface area contributed by atoms with E-state index in [1.165, 1.54) is 21.0 Å². The standard InChI is InChI=1S/C22H41NO8/c1-9-15-22(7,28)19(26)12(3)16(23-29)11(2)10-21(6,30-8)18(25)13(4)17(24)14(5)20(27)31-15/h11-15,17-19,24-26,28-29H,9-10H2,1-8H3/b23-16+/t11?,12-,13?,14+,15?,17?,18?,19+,21+,22+/m0/s1. The summed E-state index contributed by atoms with van der Waals surface area (Å²) in [7, 11) is 1.43. The van der Waals surface area contributed by atoms with Gasteiger partial charge >= 0.3 is 5.97 Å². The Bertz CT molecular complexity index is 639. The highest BCUT2D eigenvalue weighted by Crippen LogP contribution is 2.36. The summed E-state index contributed by atoms with van der Waals surface area (Å²) < 4.78 is 11.1. The Morgan fingerprint density at radius 3 is 2.10 bits per heavy atom. The van der Waals surface area contributed by atoms with E-state index in [0.29, 0.717) is 0 Å². The Morgan fingerprint density at radius 1 is 1.10 bits per heavy atom. The highest BCUT2D eigenvalue weighted by atomic mass is 16.6. The molecule has 1 rings (SSSR count). The number of methoxy groups -OCH3 is 1. The summed E-state index contributed by atoms with van der Waals surface area (Å²) >= 11 is 0. The van der Waals surface area contributed by atoms with Crippen LogP contribution < -0.4 is 0 Å². The summed E-state index contributed by atoms with van der Waals surface area (Å²) in [6.07, 6.45) is -4.46. The van der Waals surface area contributed by atoms with Crippen LogP contribution in [-0.4, -0.2) is 80.0 Å². The third-order valence-corrected chi connectivity index (χ3v) is 7.16. The van der Waals surface area contributed by atoms with Gasteiger partial charge in [0, 0.05) is 24.9 Å². The molecule has 5 N–H and O–H groups in total. The van der Waals surface area contributed by atoms with Gasteiger partial charge in [-0.05, 0) is 33.6 Å². The van der Waals surface area contributed by atoms with Gasteiger partial charge in [-0.15, -0.1) is 0 Å².